The van der Waals surface area contributed by atoms with Crippen LogP contribution in [0, 0.1) is 6.92 Å². The molecule has 0 amide bonds. The predicted octanol–water partition coefficient (Wildman–Crippen LogP) is 1.47. The molecule has 0 saturated carbocycles. The minimum Gasteiger partial charge on any atom is -0.476 e. The van der Waals surface area contributed by atoms with Crippen LogP contribution in [0.5, 0.6) is 0 Å². The van der Waals surface area contributed by atoms with Gasteiger partial charge in [0.25, 0.3) is 0 Å². The van der Waals surface area contributed by atoms with Gasteiger partial charge in [-0.25, -0.2) is 9.78 Å². The van der Waals surface area contributed by atoms with Crippen molar-refractivity contribution in [3.8, 4) is 0 Å². The van der Waals surface area contributed by atoms with Crippen LogP contribution in [0.2, 0.25) is 0 Å². The molecule has 5 heteroatoms. The Balaban J connectivity index is 2.70. The number of carbonyl (C=O) groups is 2. The Labute approximate surface area is 97.7 Å². The minimum atomic E-state index is -1.08. The maximum atomic E-state index is 11.1. The number of ketones is 1. The van der Waals surface area contributed by atoms with Gasteiger partial charge in [-0.15, -0.1) is 0 Å². The number of rotatable bonds is 3. The first-order valence-electron chi connectivity index (χ1n) is 5.19. The molecule has 0 aliphatic heterocycles. The fourth-order valence-electron chi connectivity index (χ4n) is 1.76. The van der Waals surface area contributed by atoms with E-state index < -0.39 is 5.97 Å². The number of aromatic carboxylic acids is 1. The topological polar surface area (TPSA) is 71.7 Å². The summed E-state index contributed by atoms with van der Waals surface area (Å²) in [5.74, 6) is -0.662. The summed E-state index contributed by atoms with van der Waals surface area (Å²) in [6.07, 6.45) is 1.92. The Hall–Kier alpha value is -2.17. The molecule has 2 aromatic heterocycles. The average molecular weight is 232 g/mol. The third-order valence-corrected chi connectivity index (χ3v) is 2.47. The smallest absolute Gasteiger partial charge is 0.356 e. The van der Waals surface area contributed by atoms with Gasteiger partial charge in [0.2, 0.25) is 0 Å². The summed E-state index contributed by atoms with van der Waals surface area (Å²) in [6, 6.07) is 3.52. The third kappa shape index (κ3) is 2.04. The molecule has 2 aromatic rings. The first-order valence-corrected chi connectivity index (χ1v) is 5.19. The molecule has 0 fully saturated rings. The second-order valence-electron chi connectivity index (χ2n) is 4.02. The largest absolute Gasteiger partial charge is 0.476 e. The molecule has 0 saturated heterocycles. The lowest BCUT2D eigenvalue weighted by atomic mass is 10.2. The van der Waals surface area contributed by atoms with Crippen molar-refractivity contribution < 1.29 is 14.7 Å². The van der Waals surface area contributed by atoms with E-state index in [9.17, 15) is 9.59 Å². The number of pyridine rings is 1. The van der Waals surface area contributed by atoms with Gasteiger partial charge in [-0.1, -0.05) is 6.07 Å². The first kappa shape index (κ1) is 11.3. The van der Waals surface area contributed by atoms with E-state index in [-0.39, 0.29) is 17.9 Å². The quantitative estimate of drug-likeness (QED) is 0.869. The van der Waals surface area contributed by atoms with Crippen molar-refractivity contribution in [2.24, 2.45) is 0 Å². The highest BCUT2D eigenvalue weighted by Crippen LogP contribution is 2.15. The molecule has 0 radical (unpaired) electrons. The van der Waals surface area contributed by atoms with Gasteiger partial charge >= 0.3 is 5.97 Å². The van der Waals surface area contributed by atoms with E-state index in [1.54, 1.807) is 16.7 Å². The molecule has 5 nitrogen and oxygen atoms in total. The number of fused-ring (bicyclic) bond motifs is 1. The highest BCUT2D eigenvalue weighted by Gasteiger charge is 2.17. The molecule has 2 rings (SSSR count). The van der Waals surface area contributed by atoms with Gasteiger partial charge in [0, 0.05) is 6.20 Å². The van der Waals surface area contributed by atoms with E-state index in [0.717, 1.165) is 5.56 Å². The van der Waals surface area contributed by atoms with Crippen LogP contribution in [0.15, 0.2) is 18.3 Å². The maximum absolute atomic E-state index is 11.1. The lowest BCUT2D eigenvalue weighted by molar-refractivity contribution is -0.116. The molecule has 2 heterocycles. The summed E-state index contributed by atoms with van der Waals surface area (Å²) >= 11 is 0. The molecule has 0 atom stereocenters. The van der Waals surface area contributed by atoms with Crippen LogP contribution in [0.1, 0.15) is 28.8 Å². The van der Waals surface area contributed by atoms with E-state index in [4.69, 9.17) is 5.11 Å². The van der Waals surface area contributed by atoms with Crippen LogP contribution in [0.25, 0.3) is 5.52 Å². The second kappa shape index (κ2) is 4.01. The van der Waals surface area contributed by atoms with Gasteiger partial charge in [0.05, 0.1) is 11.9 Å². The molecule has 0 spiro atoms. The van der Waals surface area contributed by atoms with Crippen LogP contribution >= 0.6 is 0 Å². The Bertz CT molecular complexity index is 613. The molecule has 0 aromatic carbocycles. The predicted molar refractivity (Wildman–Crippen MR) is 61.3 cm³/mol. The average Bonchev–Trinajstić information content (AvgIpc) is 2.56. The third-order valence-electron chi connectivity index (χ3n) is 2.47. The normalized spacial score (nSPS) is 10.7. The zero-order valence-electron chi connectivity index (χ0n) is 9.60. The monoisotopic (exact) mass is 232 g/mol. The summed E-state index contributed by atoms with van der Waals surface area (Å²) in [5, 5.41) is 9.04. The summed E-state index contributed by atoms with van der Waals surface area (Å²) in [5.41, 5.74) is 1.48. The van der Waals surface area contributed by atoms with Gasteiger partial charge in [-0.3, -0.25) is 4.79 Å². The van der Waals surface area contributed by atoms with Gasteiger partial charge < -0.3 is 9.51 Å². The van der Waals surface area contributed by atoms with E-state index in [2.05, 4.69) is 4.98 Å². The number of nitrogens with zero attached hydrogens (tertiary/aromatic N) is 2. The SMILES string of the molecule is CC(=O)Cc1nc(C(=O)O)c2ccc(C)cn12. The number of imidazole rings is 1. The summed E-state index contributed by atoms with van der Waals surface area (Å²) in [4.78, 5) is 26.2. The molecule has 1 N–H and O–H groups in total. The number of aryl methyl sites for hydroxylation is 1. The second-order valence-corrected chi connectivity index (χ2v) is 4.02. The van der Waals surface area contributed by atoms with Gasteiger partial charge in [-0.2, -0.15) is 0 Å². The van der Waals surface area contributed by atoms with Crippen molar-refractivity contribution in [2.75, 3.05) is 0 Å². The van der Waals surface area contributed by atoms with E-state index in [1.165, 1.54) is 6.92 Å². The maximum Gasteiger partial charge on any atom is 0.356 e. The first-order chi connectivity index (χ1) is 7.99. The van der Waals surface area contributed by atoms with Crippen molar-refractivity contribution in [3.63, 3.8) is 0 Å². The highest BCUT2D eigenvalue weighted by atomic mass is 16.4. The van der Waals surface area contributed by atoms with E-state index in [0.29, 0.717) is 11.3 Å². The molecule has 0 bridgehead atoms. The molecule has 88 valence electrons. The van der Waals surface area contributed by atoms with Crippen LogP contribution in [-0.2, 0) is 11.2 Å². The molecule has 0 aliphatic rings. The molecule has 0 unspecified atom stereocenters. The number of Topliss-reactive ketones (excluding diaryl/α,β-unsaturated/α-hetero) is 1. The van der Waals surface area contributed by atoms with Gasteiger partial charge in [0.15, 0.2) is 5.69 Å². The molecular formula is C12H12N2O3. The Morgan fingerprint density at radius 3 is 2.71 bits per heavy atom. The number of carboxylic acid groups (broad SMARTS) is 1. The Morgan fingerprint density at radius 1 is 1.41 bits per heavy atom. The number of hydrogen-bond acceptors (Lipinski definition) is 3. The molecular weight excluding hydrogens is 220 g/mol. The van der Waals surface area contributed by atoms with E-state index >= 15 is 0 Å². The molecule has 17 heavy (non-hydrogen) atoms. The standard InChI is InChI=1S/C12H12N2O3/c1-7-3-4-9-11(12(16)17)13-10(5-8(2)15)14(9)6-7/h3-4,6H,5H2,1-2H3,(H,16,17). The van der Waals surface area contributed by atoms with E-state index in [1.807, 2.05) is 13.0 Å². The summed E-state index contributed by atoms with van der Waals surface area (Å²) in [6.45, 7) is 3.36. The van der Waals surface area contributed by atoms with Crippen LogP contribution in [0.3, 0.4) is 0 Å². The van der Waals surface area contributed by atoms with Gasteiger partial charge in [-0.05, 0) is 25.5 Å². The van der Waals surface area contributed by atoms with Gasteiger partial charge in [0.1, 0.15) is 11.6 Å². The fraction of sp³-hybridized carbons (Fsp3) is 0.250. The summed E-state index contributed by atoms with van der Waals surface area (Å²) < 4.78 is 1.67. The zero-order valence-corrected chi connectivity index (χ0v) is 9.60. The lowest BCUT2D eigenvalue weighted by Crippen LogP contribution is -2.02. The van der Waals surface area contributed by atoms with Crippen molar-refractivity contribution in [3.05, 3.63) is 35.4 Å². The molecule has 0 aliphatic carbocycles. The lowest BCUT2D eigenvalue weighted by Gasteiger charge is -2.00. The van der Waals surface area contributed by atoms with Crippen LogP contribution in [0.4, 0.5) is 0 Å². The zero-order chi connectivity index (χ0) is 12.6. The van der Waals surface area contributed by atoms with Crippen LogP contribution < -0.4 is 0 Å². The van der Waals surface area contributed by atoms with Crippen molar-refractivity contribution in [1.82, 2.24) is 9.38 Å². The number of aromatic nitrogens is 2. The van der Waals surface area contributed by atoms with Crippen molar-refractivity contribution in [1.29, 1.82) is 0 Å². The number of hydrogen-bond donors (Lipinski definition) is 1. The fourth-order valence-corrected chi connectivity index (χ4v) is 1.76. The van der Waals surface area contributed by atoms with Crippen molar-refractivity contribution >= 4 is 17.3 Å². The highest BCUT2D eigenvalue weighted by molar-refractivity contribution is 5.94. The van der Waals surface area contributed by atoms with Crippen molar-refractivity contribution in [2.45, 2.75) is 20.3 Å². The van der Waals surface area contributed by atoms with Crippen LogP contribution in [-0.4, -0.2) is 26.2 Å². The Morgan fingerprint density at radius 2 is 2.12 bits per heavy atom. The minimum absolute atomic E-state index is 0.0127. The Kier molecular flexibility index (Phi) is 2.67. The summed E-state index contributed by atoms with van der Waals surface area (Å²) in [7, 11) is 0. The number of carbonyl (C=O) groups excluding carboxylic acids is 1. The number of carboxylic acids is 1.